The molecule has 0 fully saturated rings. The Labute approximate surface area is 171 Å². The Balaban J connectivity index is 1.48. The minimum absolute atomic E-state index is 0.173. The van der Waals surface area contributed by atoms with Gasteiger partial charge in [-0.05, 0) is 60.2 Å². The van der Waals surface area contributed by atoms with Crippen LogP contribution in [0.3, 0.4) is 0 Å². The molecule has 0 radical (unpaired) electrons. The van der Waals surface area contributed by atoms with Gasteiger partial charge in [0, 0.05) is 11.1 Å². The number of benzene rings is 3. The molecule has 0 saturated carbocycles. The lowest BCUT2D eigenvalue weighted by Gasteiger charge is -2.21. The first-order valence-corrected chi connectivity index (χ1v) is 10.4. The average Bonchev–Trinajstić information content (AvgIpc) is 2.77. The molecule has 3 aromatic rings. The van der Waals surface area contributed by atoms with Crippen LogP contribution in [-0.2, 0) is 22.4 Å². The van der Waals surface area contributed by atoms with Crippen molar-refractivity contribution in [3.63, 3.8) is 0 Å². The van der Waals surface area contributed by atoms with Gasteiger partial charge in [0.15, 0.2) is 0 Å². The van der Waals surface area contributed by atoms with Gasteiger partial charge in [0.25, 0.3) is 0 Å². The van der Waals surface area contributed by atoms with Gasteiger partial charge in [0.1, 0.15) is 0 Å². The summed E-state index contributed by atoms with van der Waals surface area (Å²) in [6.07, 6.45) is 5.41. The van der Waals surface area contributed by atoms with E-state index in [4.69, 9.17) is 0 Å². The molecule has 0 spiro atoms. The van der Waals surface area contributed by atoms with Crippen molar-refractivity contribution in [3.05, 3.63) is 77.4 Å². The molecule has 3 aromatic carbocycles. The van der Waals surface area contributed by atoms with Crippen LogP contribution < -0.4 is 10.6 Å². The van der Waals surface area contributed by atoms with Gasteiger partial charge >= 0.3 is 11.8 Å². The monoisotopic (exact) mass is 386 g/mol. The summed E-state index contributed by atoms with van der Waals surface area (Å²) in [4.78, 5) is 25.1. The smallest absolute Gasteiger partial charge is 0.313 e. The lowest BCUT2D eigenvalue weighted by atomic mass is 9.89. The third-order valence-corrected chi connectivity index (χ3v) is 5.73. The summed E-state index contributed by atoms with van der Waals surface area (Å²) in [5, 5.41) is 7.61. The van der Waals surface area contributed by atoms with Crippen LogP contribution in [0.2, 0.25) is 0 Å². The molecule has 1 atom stereocenters. The fourth-order valence-electron chi connectivity index (χ4n) is 4.13. The van der Waals surface area contributed by atoms with Crippen LogP contribution in [0.25, 0.3) is 10.8 Å². The van der Waals surface area contributed by atoms with Crippen LogP contribution in [0, 0.1) is 0 Å². The number of fused-ring (bicyclic) bond motifs is 2. The highest BCUT2D eigenvalue weighted by Gasteiger charge is 2.21. The van der Waals surface area contributed by atoms with Crippen molar-refractivity contribution in [1.29, 1.82) is 0 Å². The molecule has 1 unspecified atom stereocenters. The molecule has 4 rings (SSSR count). The molecule has 1 aliphatic rings. The average molecular weight is 386 g/mol. The maximum Gasteiger partial charge on any atom is 0.313 e. The van der Waals surface area contributed by atoms with Gasteiger partial charge < -0.3 is 10.6 Å². The van der Waals surface area contributed by atoms with Gasteiger partial charge in [0.05, 0.1) is 6.04 Å². The molecule has 4 heteroatoms. The minimum Gasteiger partial charge on any atom is -0.341 e. The molecule has 2 N–H and O–H groups in total. The summed E-state index contributed by atoms with van der Waals surface area (Å²) in [5.41, 5.74) is 4.50. The van der Waals surface area contributed by atoms with Crippen molar-refractivity contribution >= 4 is 28.3 Å². The number of hydrogen-bond donors (Lipinski definition) is 2. The van der Waals surface area contributed by atoms with Crippen LogP contribution >= 0.6 is 0 Å². The summed E-state index contributed by atoms with van der Waals surface area (Å²) < 4.78 is 0. The highest BCUT2D eigenvalue weighted by Crippen LogP contribution is 2.26. The topological polar surface area (TPSA) is 58.2 Å². The first kappa shape index (κ1) is 19.2. The van der Waals surface area contributed by atoms with Crippen molar-refractivity contribution in [2.24, 2.45) is 0 Å². The Morgan fingerprint density at radius 3 is 2.48 bits per heavy atom. The fraction of sp³-hybridized carbons (Fsp3) is 0.280. The predicted octanol–water partition coefficient (Wildman–Crippen LogP) is 4.92. The summed E-state index contributed by atoms with van der Waals surface area (Å²) in [5.74, 6) is -1.25. The molecule has 1 aliphatic carbocycles. The number of carbonyl (C=O) groups is 2. The second-order valence-electron chi connectivity index (χ2n) is 7.65. The van der Waals surface area contributed by atoms with Crippen LogP contribution in [0.4, 0.5) is 5.69 Å². The van der Waals surface area contributed by atoms with Crippen molar-refractivity contribution < 1.29 is 9.59 Å². The van der Waals surface area contributed by atoms with E-state index < -0.39 is 11.8 Å². The quantitative estimate of drug-likeness (QED) is 0.625. The van der Waals surface area contributed by atoms with Crippen molar-refractivity contribution in [3.8, 4) is 0 Å². The Morgan fingerprint density at radius 1 is 0.897 bits per heavy atom. The molecular weight excluding hydrogens is 360 g/mol. The van der Waals surface area contributed by atoms with Gasteiger partial charge in [-0.25, -0.2) is 0 Å². The largest absolute Gasteiger partial charge is 0.341 e. The van der Waals surface area contributed by atoms with E-state index in [1.807, 2.05) is 49.4 Å². The van der Waals surface area contributed by atoms with E-state index in [0.29, 0.717) is 5.69 Å². The highest BCUT2D eigenvalue weighted by atomic mass is 16.2. The Bertz CT molecular complexity index is 1050. The zero-order chi connectivity index (χ0) is 20.2. The van der Waals surface area contributed by atoms with Crippen LogP contribution in [0.15, 0.2) is 60.7 Å². The molecule has 0 heterocycles. The van der Waals surface area contributed by atoms with E-state index in [-0.39, 0.29) is 6.04 Å². The van der Waals surface area contributed by atoms with Crippen LogP contribution in [0.5, 0.6) is 0 Å². The van der Waals surface area contributed by atoms with Crippen molar-refractivity contribution in [1.82, 2.24) is 5.32 Å². The van der Waals surface area contributed by atoms with Gasteiger partial charge in [-0.1, -0.05) is 61.5 Å². The second-order valence-corrected chi connectivity index (χ2v) is 7.65. The van der Waals surface area contributed by atoms with E-state index in [9.17, 15) is 9.59 Å². The van der Waals surface area contributed by atoms with Gasteiger partial charge in [-0.2, -0.15) is 0 Å². The number of aryl methyl sites for hydroxylation is 2. The molecule has 0 aliphatic heterocycles. The molecule has 29 heavy (non-hydrogen) atoms. The summed E-state index contributed by atoms with van der Waals surface area (Å²) in [6.45, 7) is 2.02. The molecule has 0 aromatic heterocycles. The van der Waals surface area contributed by atoms with E-state index in [2.05, 4.69) is 28.8 Å². The van der Waals surface area contributed by atoms with Gasteiger partial charge in [-0.3, -0.25) is 9.59 Å². The second kappa shape index (κ2) is 8.48. The number of rotatable bonds is 4. The van der Waals surface area contributed by atoms with Crippen LogP contribution in [0.1, 0.15) is 48.9 Å². The number of amides is 2. The van der Waals surface area contributed by atoms with E-state index in [0.717, 1.165) is 35.6 Å². The molecule has 2 amide bonds. The minimum atomic E-state index is -0.641. The number of nitrogens with one attached hydrogen (secondary N) is 2. The normalized spacial score (nSPS) is 14.1. The highest BCUT2D eigenvalue weighted by molar-refractivity contribution is 6.40. The van der Waals surface area contributed by atoms with Crippen LogP contribution in [-0.4, -0.2) is 11.8 Å². The molecule has 0 saturated heterocycles. The standard InChI is InChI=1S/C25H26N2O2/c1-2-22(20-15-14-17-8-3-4-10-19(17)16-20)26-24(28)25(29)27-23-13-7-11-18-9-5-6-12-21(18)23/h5-7,9,11-16,22H,2-4,8,10H2,1H3,(H,26,28)(H,27,29). The zero-order valence-electron chi connectivity index (χ0n) is 16.7. The zero-order valence-corrected chi connectivity index (χ0v) is 16.7. The van der Waals surface area contributed by atoms with Crippen molar-refractivity contribution in [2.45, 2.75) is 45.1 Å². The van der Waals surface area contributed by atoms with Gasteiger partial charge in [-0.15, -0.1) is 0 Å². The van der Waals surface area contributed by atoms with E-state index >= 15 is 0 Å². The third-order valence-electron chi connectivity index (χ3n) is 5.73. The van der Waals surface area contributed by atoms with E-state index in [1.165, 1.54) is 24.0 Å². The predicted molar refractivity (Wildman–Crippen MR) is 117 cm³/mol. The fourth-order valence-corrected chi connectivity index (χ4v) is 4.13. The Kier molecular flexibility index (Phi) is 5.61. The Hall–Kier alpha value is -3.14. The van der Waals surface area contributed by atoms with Crippen molar-refractivity contribution in [2.75, 3.05) is 5.32 Å². The lowest BCUT2D eigenvalue weighted by Crippen LogP contribution is -2.37. The number of carbonyl (C=O) groups excluding carboxylic acids is 2. The first-order valence-electron chi connectivity index (χ1n) is 10.4. The third kappa shape index (κ3) is 4.16. The maximum absolute atomic E-state index is 12.6. The number of hydrogen-bond acceptors (Lipinski definition) is 2. The SMILES string of the molecule is CCC(NC(=O)C(=O)Nc1cccc2ccccc12)c1ccc2c(c1)CCCC2. The molecule has 4 nitrogen and oxygen atoms in total. The molecule has 148 valence electrons. The van der Waals surface area contributed by atoms with E-state index in [1.54, 1.807) is 0 Å². The lowest BCUT2D eigenvalue weighted by molar-refractivity contribution is -0.136. The first-order chi connectivity index (χ1) is 14.2. The molecular formula is C25H26N2O2. The van der Waals surface area contributed by atoms with Gasteiger partial charge in [0.2, 0.25) is 0 Å². The molecule has 0 bridgehead atoms. The summed E-state index contributed by atoms with van der Waals surface area (Å²) in [6, 6.07) is 19.7. The maximum atomic E-state index is 12.6. The number of anilines is 1. The Morgan fingerprint density at radius 2 is 1.66 bits per heavy atom. The summed E-state index contributed by atoms with van der Waals surface area (Å²) in [7, 11) is 0. The summed E-state index contributed by atoms with van der Waals surface area (Å²) >= 11 is 0.